The second-order valence-electron chi connectivity index (χ2n) is 5.82. The van der Waals surface area contributed by atoms with Crippen LogP contribution in [0.25, 0.3) is 0 Å². The van der Waals surface area contributed by atoms with E-state index in [1.165, 1.54) is 5.56 Å². The van der Waals surface area contributed by atoms with Crippen LogP contribution in [0.2, 0.25) is 0 Å². The number of hydrogen-bond acceptors (Lipinski definition) is 4. The number of carbonyl (C=O) groups is 1. The third-order valence-electron chi connectivity index (χ3n) is 4.06. The zero-order valence-corrected chi connectivity index (χ0v) is 15.1. The van der Waals surface area contributed by atoms with Crippen molar-refractivity contribution in [2.75, 3.05) is 27.3 Å². The van der Waals surface area contributed by atoms with Crippen LogP contribution in [0.1, 0.15) is 16.7 Å². The first kappa shape index (κ1) is 18.8. The number of ether oxygens (including phenoxy) is 2. The SMILES string of the molecule is COc1ccc(CCNCC(=O)NCc2ccccc2C)cc1OC. The molecule has 0 radical (unpaired) electrons. The van der Waals surface area contributed by atoms with Gasteiger partial charge in [-0.3, -0.25) is 4.79 Å². The van der Waals surface area contributed by atoms with Gasteiger partial charge in [0, 0.05) is 6.54 Å². The number of rotatable bonds is 9. The van der Waals surface area contributed by atoms with E-state index in [1.807, 2.05) is 49.4 Å². The van der Waals surface area contributed by atoms with E-state index in [4.69, 9.17) is 9.47 Å². The normalized spacial score (nSPS) is 10.4. The van der Waals surface area contributed by atoms with Crippen molar-refractivity contribution in [2.24, 2.45) is 0 Å². The molecule has 0 aromatic heterocycles. The van der Waals surface area contributed by atoms with Gasteiger partial charge in [-0.15, -0.1) is 0 Å². The van der Waals surface area contributed by atoms with Crippen LogP contribution in [0, 0.1) is 6.92 Å². The molecule has 2 aromatic rings. The Labute approximate surface area is 149 Å². The molecular weight excluding hydrogens is 316 g/mol. The molecule has 0 aliphatic rings. The molecule has 0 unspecified atom stereocenters. The maximum absolute atomic E-state index is 11.9. The number of aryl methyl sites for hydroxylation is 1. The van der Waals surface area contributed by atoms with E-state index in [0.717, 1.165) is 29.0 Å². The predicted octanol–water partition coefficient (Wildman–Crippen LogP) is 2.46. The first-order valence-corrected chi connectivity index (χ1v) is 8.37. The number of amides is 1. The Bertz CT molecular complexity index is 701. The molecule has 2 N–H and O–H groups in total. The lowest BCUT2D eigenvalue weighted by Gasteiger charge is -2.10. The molecule has 0 bridgehead atoms. The molecule has 0 aliphatic heterocycles. The summed E-state index contributed by atoms with van der Waals surface area (Å²) in [6, 6.07) is 13.9. The molecule has 0 fully saturated rings. The Balaban J connectivity index is 1.70. The van der Waals surface area contributed by atoms with Gasteiger partial charge in [-0.1, -0.05) is 30.3 Å². The molecule has 0 aliphatic carbocycles. The molecule has 0 heterocycles. The van der Waals surface area contributed by atoms with Crippen molar-refractivity contribution in [3.63, 3.8) is 0 Å². The molecule has 25 heavy (non-hydrogen) atoms. The molecule has 134 valence electrons. The summed E-state index contributed by atoms with van der Waals surface area (Å²) in [7, 11) is 3.24. The molecular formula is C20H26N2O3. The summed E-state index contributed by atoms with van der Waals surface area (Å²) in [6.45, 7) is 3.62. The fourth-order valence-corrected chi connectivity index (χ4v) is 2.54. The lowest BCUT2D eigenvalue weighted by atomic mass is 10.1. The summed E-state index contributed by atoms with van der Waals surface area (Å²) < 4.78 is 10.5. The van der Waals surface area contributed by atoms with Crippen molar-refractivity contribution < 1.29 is 14.3 Å². The standard InChI is InChI=1S/C20H26N2O3/c1-15-6-4-5-7-17(15)13-22-20(23)14-21-11-10-16-8-9-18(24-2)19(12-16)25-3/h4-9,12,21H,10-11,13-14H2,1-3H3,(H,22,23). The van der Waals surface area contributed by atoms with Gasteiger partial charge in [-0.2, -0.15) is 0 Å². The highest BCUT2D eigenvalue weighted by atomic mass is 16.5. The quantitative estimate of drug-likeness (QED) is 0.687. The first-order chi connectivity index (χ1) is 12.1. The van der Waals surface area contributed by atoms with Crippen molar-refractivity contribution in [3.8, 4) is 11.5 Å². The van der Waals surface area contributed by atoms with Gasteiger partial charge in [0.1, 0.15) is 0 Å². The predicted molar refractivity (Wildman–Crippen MR) is 99.1 cm³/mol. The molecule has 0 saturated carbocycles. The van der Waals surface area contributed by atoms with Crippen molar-refractivity contribution in [1.29, 1.82) is 0 Å². The molecule has 1 amide bonds. The molecule has 5 nitrogen and oxygen atoms in total. The maximum atomic E-state index is 11.9. The van der Waals surface area contributed by atoms with Gasteiger partial charge in [-0.25, -0.2) is 0 Å². The van der Waals surface area contributed by atoms with E-state index < -0.39 is 0 Å². The molecule has 2 aromatic carbocycles. The van der Waals surface area contributed by atoms with E-state index in [2.05, 4.69) is 10.6 Å². The molecule has 5 heteroatoms. The second-order valence-corrected chi connectivity index (χ2v) is 5.82. The van der Waals surface area contributed by atoms with E-state index in [1.54, 1.807) is 14.2 Å². The van der Waals surface area contributed by atoms with Crippen LogP contribution < -0.4 is 20.1 Å². The summed E-state index contributed by atoms with van der Waals surface area (Å²) in [5.74, 6) is 1.43. The summed E-state index contributed by atoms with van der Waals surface area (Å²) in [6.07, 6.45) is 0.811. The third kappa shape index (κ3) is 5.80. The average Bonchev–Trinajstić information content (AvgIpc) is 2.64. The van der Waals surface area contributed by atoms with Gasteiger partial charge >= 0.3 is 0 Å². The number of benzene rings is 2. The average molecular weight is 342 g/mol. The van der Waals surface area contributed by atoms with E-state index >= 15 is 0 Å². The second kappa shape index (κ2) is 9.69. The lowest BCUT2D eigenvalue weighted by Crippen LogP contribution is -2.34. The summed E-state index contributed by atoms with van der Waals surface area (Å²) in [4.78, 5) is 11.9. The minimum atomic E-state index is -0.00411. The van der Waals surface area contributed by atoms with E-state index in [0.29, 0.717) is 19.6 Å². The van der Waals surface area contributed by atoms with Crippen LogP contribution >= 0.6 is 0 Å². The van der Waals surface area contributed by atoms with Gasteiger partial charge in [0.05, 0.1) is 20.8 Å². The molecule has 2 rings (SSSR count). The summed E-state index contributed by atoms with van der Waals surface area (Å²) in [5.41, 5.74) is 3.45. The van der Waals surface area contributed by atoms with Crippen LogP contribution in [0.4, 0.5) is 0 Å². The minimum absolute atomic E-state index is 0.00411. The molecule has 0 saturated heterocycles. The smallest absolute Gasteiger partial charge is 0.234 e. The molecule has 0 atom stereocenters. The molecule has 0 spiro atoms. The Morgan fingerprint density at radius 3 is 2.52 bits per heavy atom. The van der Waals surface area contributed by atoms with Crippen LogP contribution in [-0.4, -0.2) is 33.2 Å². The highest BCUT2D eigenvalue weighted by molar-refractivity contribution is 5.78. The summed E-state index contributed by atoms with van der Waals surface area (Å²) in [5, 5.41) is 6.10. The van der Waals surface area contributed by atoms with Crippen molar-refractivity contribution in [2.45, 2.75) is 19.9 Å². The van der Waals surface area contributed by atoms with Crippen LogP contribution in [0.3, 0.4) is 0 Å². The number of nitrogens with one attached hydrogen (secondary N) is 2. The monoisotopic (exact) mass is 342 g/mol. The largest absolute Gasteiger partial charge is 0.493 e. The van der Waals surface area contributed by atoms with Crippen LogP contribution in [0.5, 0.6) is 11.5 Å². The van der Waals surface area contributed by atoms with Gasteiger partial charge in [0.15, 0.2) is 11.5 Å². The number of methoxy groups -OCH3 is 2. The Morgan fingerprint density at radius 2 is 1.80 bits per heavy atom. The maximum Gasteiger partial charge on any atom is 0.234 e. The van der Waals surface area contributed by atoms with E-state index in [9.17, 15) is 4.79 Å². The fraction of sp³-hybridized carbons (Fsp3) is 0.350. The lowest BCUT2D eigenvalue weighted by molar-refractivity contribution is -0.120. The third-order valence-corrected chi connectivity index (χ3v) is 4.06. The Morgan fingerprint density at radius 1 is 1.04 bits per heavy atom. The van der Waals surface area contributed by atoms with Crippen molar-refractivity contribution >= 4 is 5.91 Å². The first-order valence-electron chi connectivity index (χ1n) is 8.37. The van der Waals surface area contributed by atoms with E-state index in [-0.39, 0.29) is 5.91 Å². The highest BCUT2D eigenvalue weighted by Gasteiger charge is 2.05. The topological polar surface area (TPSA) is 59.6 Å². The van der Waals surface area contributed by atoms with Crippen molar-refractivity contribution in [3.05, 3.63) is 59.2 Å². The summed E-state index contributed by atoms with van der Waals surface area (Å²) >= 11 is 0. The zero-order chi connectivity index (χ0) is 18.1. The highest BCUT2D eigenvalue weighted by Crippen LogP contribution is 2.27. The Kier molecular flexibility index (Phi) is 7.29. The number of carbonyl (C=O) groups excluding carboxylic acids is 1. The van der Waals surface area contributed by atoms with Gasteiger partial charge in [-0.05, 0) is 48.7 Å². The van der Waals surface area contributed by atoms with Gasteiger partial charge < -0.3 is 20.1 Å². The van der Waals surface area contributed by atoms with Crippen molar-refractivity contribution in [1.82, 2.24) is 10.6 Å². The van der Waals surface area contributed by atoms with Crippen LogP contribution in [0.15, 0.2) is 42.5 Å². The minimum Gasteiger partial charge on any atom is -0.493 e. The fourth-order valence-electron chi connectivity index (χ4n) is 2.54. The zero-order valence-electron chi connectivity index (χ0n) is 15.1. The van der Waals surface area contributed by atoms with Gasteiger partial charge in [0.25, 0.3) is 0 Å². The van der Waals surface area contributed by atoms with Gasteiger partial charge in [0.2, 0.25) is 5.91 Å². The Hall–Kier alpha value is -2.53. The number of hydrogen-bond donors (Lipinski definition) is 2. The van der Waals surface area contributed by atoms with Crippen LogP contribution in [-0.2, 0) is 17.8 Å².